The number of fused-ring (bicyclic) bond motifs is 1. The molecule has 206 valence electrons. The van der Waals surface area contributed by atoms with E-state index >= 15 is 0 Å². The van der Waals surface area contributed by atoms with E-state index in [1.165, 1.54) is 11.0 Å². The van der Waals surface area contributed by atoms with Gasteiger partial charge in [0.1, 0.15) is 36.2 Å². The maximum atomic E-state index is 13.5. The average molecular weight is 563 g/mol. The lowest BCUT2D eigenvalue weighted by molar-refractivity contribution is -0.132. The van der Waals surface area contributed by atoms with Crippen LogP contribution in [0.4, 0.5) is 5.13 Å². The average Bonchev–Trinajstić information content (AvgIpc) is 3.47. The summed E-state index contributed by atoms with van der Waals surface area (Å²) >= 11 is 0.923. The number of nitrogens with zero attached hydrogens (tertiary/aromatic N) is 2. The van der Waals surface area contributed by atoms with Crippen LogP contribution in [-0.2, 0) is 14.3 Å². The number of aliphatic hydroxyl groups excluding tert-OH is 1. The molecular formula is C29H26N2O8S. The van der Waals surface area contributed by atoms with Crippen LogP contribution in [0.2, 0.25) is 0 Å². The zero-order chi connectivity index (χ0) is 28.4. The van der Waals surface area contributed by atoms with E-state index in [-0.39, 0.29) is 33.5 Å². The highest BCUT2D eigenvalue weighted by Crippen LogP contribution is 2.45. The lowest BCUT2D eigenvalue weighted by Crippen LogP contribution is -2.29. The number of aromatic nitrogens is 1. The van der Waals surface area contributed by atoms with Crippen molar-refractivity contribution in [2.24, 2.45) is 0 Å². The number of rotatable bonds is 8. The highest BCUT2D eigenvalue weighted by atomic mass is 32.1. The first-order valence-electron chi connectivity index (χ1n) is 12.5. The summed E-state index contributed by atoms with van der Waals surface area (Å²) in [4.78, 5) is 45.5. The van der Waals surface area contributed by atoms with E-state index in [0.717, 1.165) is 11.3 Å². The quantitative estimate of drug-likeness (QED) is 0.138. The Labute approximate surface area is 234 Å². The summed E-state index contributed by atoms with van der Waals surface area (Å²) in [6.07, 6.45) is 1.44. The number of benzene rings is 2. The second-order valence-corrected chi connectivity index (χ2v) is 9.81. The van der Waals surface area contributed by atoms with E-state index in [1.54, 1.807) is 49.4 Å². The molecule has 2 aliphatic heterocycles. The van der Waals surface area contributed by atoms with Gasteiger partial charge in [0, 0.05) is 5.56 Å². The fourth-order valence-corrected chi connectivity index (χ4v) is 5.49. The van der Waals surface area contributed by atoms with Gasteiger partial charge in [0.2, 0.25) is 0 Å². The van der Waals surface area contributed by atoms with E-state index in [1.807, 2.05) is 6.92 Å². The SMILES string of the molecule is C=CCOC(=O)c1sc(N2C(=O)C(=O)/C(=C(/O)c3ccc4c(c3)OCCO4)[C@@H]2c2cccc(OCC)c2)nc1C. The Hall–Kier alpha value is -4.64. The maximum absolute atomic E-state index is 13.5. The molecule has 1 aromatic heterocycles. The van der Waals surface area contributed by atoms with Gasteiger partial charge in [0.05, 0.1) is 23.9 Å². The third kappa shape index (κ3) is 4.91. The molecule has 1 fully saturated rings. The molecule has 1 amide bonds. The van der Waals surface area contributed by atoms with Gasteiger partial charge in [-0.1, -0.05) is 36.1 Å². The molecule has 3 aromatic rings. The first-order chi connectivity index (χ1) is 19.3. The Balaban J connectivity index is 1.66. The summed E-state index contributed by atoms with van der Waals surface area (Å²) < 4.78 is 22.0. The van der Waals surface area contributed by atoms with Crippen molar-refractivity contribution in [3.8, 4) is 17.2 Å². The Bertz CT molecular complexity index is 1540. The summed E-state index contributed by atoms with van der Waals surface area (Å²) in [5.74, 6) is -1.36. The number of Topliss-reactive ketones (excluding diaryl/α,β-unsaturated/α-hetero) is 1. The Morgan fingerprint density at radius 3 is 2.73 bits per heavy atom. The number of hydrogen-bond donors (Lipinski definition) is 1. The number of ether oxygens (including phenoxy) is 4. The van der Waals surface area contributed by atoms with Gasteiger partial charge in [-0.3, -0.25) is 14.5 Å². The summed E-state index contributed by atoms with van der Waals surface area (Å²) in [5, 5.41) is 11.6. The minimum absolute atomic E-state index is 0.00970. The molecule has 0 bridgehead atoms. The van der Waals surface area contributed by atoms with E-state index in [9.17, 15) is 19.5 Å². The molecule has 0 aliphatic carbocycles. The minimum Gasteiger partial charge on any atom is -0.507 e. The van der Waals surface area contributed by atoms with Gasteiger partial charge in [0.15, 0.2) is 16.6 Å². The van der Waals surface area contributed by atoms with Gasteiger partial charge >= 0.3 is 11.9 Å². The molecule has 0 radical (unpaired) electrons. The van der Waals surface area contributed by atoms with Gasteiger partial charge in [0.25, 0.3) is 5.78 Å². The Morgan fingerprint density at radius 1 is 1.20 bits per heavy atom. The van der Waals surface area contributed by atoms with Crippen molar-refractivity contribution >= 4 is 39.9 Å². The fourth-order valence-electron chi connectivity index (χ4n) is 4.51. The fraction of sp³-hybridized carbons (Fsp3) is 0.241. The number of aryl methyl sites for hydroxylation is 1. The van der Waals surface area contributed by atoms with Crippen LogP contribution in [-0.4, -0.2) is 54.2 Å². The molecule has 1 saturated heterocycles. The number of carbonyl (C=O) groups excluding carboxylic acids is 3. The van der Waals surface area contributed by atoms with Crippen molar-refractivity contribution in [1.29, 1.82) is 0 Å². The summed E-state index contributed by atoms with van der Waals surface area (Å²) in [6, 6.07) is 10.6. The molecule has 0 spiro atoms. The number of carbonyl (C=O) groups is 3. The number of ketones is 1. The first-order valence-corrected chi connectivity index (χ1v) is 13.3. The summed E-state index contributed by atoms with van der Waals surface area (Å²) in [7, 11) is 0. The summed E-state index contributed by atoms with van der Waals surface area (Å²) in [5.41, 5.74) is 0.980. The van der Waals surface area contributed by atoms with Gasteiger partial charge in [-0.25, -0.2) is 9.78 Å². The normalized spacial score (nSPS) is 17.6. The van der Waals surface area contributed by atoms with Crippen molar-refractivity contribution in [3.05, 3.63) is 82.4 Å². The zero-order valence-corrected chi connectivity index (χ0v) is 22.7. The van der Waals surface area contributed by atoms with Gasteiger partial charge in [-0.05, 0) is 49.7 Å². The second-order valence-electron chi connectivity index (χ2n) is 8.83. The molecule has 0 unspecified atom stereocenters. The molecule has 1 N–H and O–H groups in total. The van der Waals surface area contributed by atoms with E-state index in [0.29, 0.717) is 48.3 Å². The molecule has 1 atom stereocenters. The molecule has 2 aromatic carbocycles. The van der Waals surface area contributed by atoms with Crippen molar-refractivity contribution in [3.63, 3.8) is 0 Å². The third-order valence-electron chi connectivity index (χ3n) is 6.25. The smallest absolute Gasteiger partial charge is 0.350 e. The summed E-state index contributed by atoms with van der Waals surface area (Å²) in [6.45, 7) is 8.14. The van der Waals surface area contributed by atoms with Gasteiger partial charge < -0.3 is 24.1 Å². The highest BCUT2D eigenvalue weighted by Gasteiger charge is 2.48. The Kier molecular flexibility index (Phi) is 7.56. The molecule has 2 aliphatic rings. The molecule has 10 nitrogen and oxygen atoms in total. The van der Waals surface area contributed by atoms with Crippen molar-refractivity contribution < 1.29 is 38.4 Å². The van der Waals surface area contributed by atoms with Crippen LogP contribution in [0.25, 0.3) is 5.76 Å². The van der Waals surface area contributed by atoms with Crippen LogP contribution in [0.3, 0.4) is 0 Å². The van der Waals surface area contributed by atoms with Crippen LogP contribution < -0.4 is 19.1 Å². The van der Waals surface area contributed by atoms with Crippen LogP contribution in [0, 0.1) is 6.92 Å². The van der Waals surface area contributed by atoms with Crippen molar-refractivity contribution in [2.75, 3.05) is 31.3 Å². The predicted octanol–water partition coefficient (Wildman–Crippen LogP) is 4.59. The topological polar surface area (TPSA) is 124 Å². The van der Waals surface area contributed by atoms with Crippen LogP contribution >= 0.6 is 11.3 Å². The molecule has 11 heteroatoms. The first kappa shape index (κ1) is 26.9. The predicted molar refractivity (Wildman–Crippen MR) is 147 cm³/mol. The van der Waals surface area contributed by atoms with Crippen LogP contribution in [0.5, 0.6) is 17.2 Å². The van der Waals surface area contributed by atoms with E-state index in [4.69, 9.17) is 18.9 Å². The van der Waals surface area contributed by atoms with Gasteiger partial charge in [-0.15, -0.1) is 0 Å². The Morgan fingerprint density at radius 2 is 1.98 bits per heavy atom. The van der Waals surface area contributed by atoms with Crippen molar-refractivity contribution in [1.82, 2.24) is 4.98 Å². The number of amides is 1. The van der Waals surface area contributed by atoms with Crippen molar-refractivity contribution in [2.45, 2.75) is 19.9 Å². The largest absolute Gasteiger partial charge is 0.507 e. The number of esters is 1. The molecule has 3 heterocycles. The van der Waals surface area contributed by atoms with Crippen LogP contribution in [0.15, 0.2) is 60.7 Å². The number of aliphatic hydroxyl groups is 1. The number of thiazole rings is 1. The molecule has 5 rings (SSSR count). The number of anilines is 1. The van der Waals surface area contributed by atoms with Gasteiger partial charge in [-0.2, -0.15) is 0 Å². The monoisotopic (exact) mass is 562 g/mol. The standard InChI is InChI=1S/C29H26N2O8S/c1-4-11-39-28(35)26-16(3)30-29(40-26)31-23(17-7-6-8-19(14-17)36-5-2)22(25(33)27(31)34)24(32)18-9-10-20-21(15-18)38-13-12-37-20/h4,6-10,14-15,23,32H,1,5,11-13H2,2-3H3/b24-22+/t23-/m0/s1. The number of hydrogen-bond acceptors (Lipinski definition) is 10. The second kappa shape index (κ2) is 11.2. The molecular weight excluding hydrogens is 536 g/mol. The highest BCUT2D eigenvalue weighted by molar-refractivity contribution is 7.17. The maximum Gasteiger partial charge on any atom is 0.350 e. The molecule has 0 saturated carbocycles. The zero-order valence-electron chi connectivity index (χ0n) is 21.8. The van der Waals surface area contributed by atoms with Crippen LogP contribution in [0.1, 0.15) is 39.5 Å². The van der Waals surface area contributed by atoms with E-state index in [2.05, 4.69) is 11.6 Å². The van der Waals surface area contributed by atoms with E-state index < -0.39 is 23.7 Å². The third-order valence-corrected chi connectivity index (χ3v) is 7.39. The lowest BCUT2D eigenvalue weighted by atomic mass is 9.95. The minimum atomic E-state index is -1.06. The molecule has 40 heavy (non-hydrogen) atoms. The lowest BCUT2D eigenvalue weighted by Gasteiger charge is -2.23.